The largest absolute Gasteiger partial charge is 0.491 e. The second-order valence-corrected chi connectivity index (χ2v) is 7.66. The molecule has 3 atom stereocenters. The summed E-state index contributed by atoms with van der Waals surface area (Å²) in [5, 5.41) is 20.6. The number of para-hydroxylation sites is 2. The second-order valence-electron chi connectivity index (χ2n) is 7.66. The Morgan fingerprint density at radius 3 is 1.86 bits per heavy atom. The van der Waals surface area contributed by atoms with Gasteiger partial charge < -0.3 is 19.7 Å². The van der Waals surface area contributed by atoms with Crippen molar-refractivity contribution in [1.82, 2.24) is 9.80 Å². The summed E-state index contributed by atoms with van der Waals surface area (Å²) < 4.78 is 11.3. The smallest absolute Gasteiger partial charge is 0.119 e. The van der Waals surface area contributed by atoms with E-state index in [0.29, 0.717) is 19.1 Å². The molecule has 1 aliphatic heterocycles. The van der Waals surface area contributed by atoms with Crippen molar-refractivity contribution in [1.29, 1.82) is 0 Å². The third-order valence-electron chi connectivity index (χ3n) is 5.13. The van der Waals surface area contributed by atoms with Crippen molar-refractivity contribution >= 4 is 0 Å². The zero-order valence-electron chi connectivity index (χ0n) is 17.1. The molecular formula is C23H32N2O4. The van der Waals surface area contributed by atoms with Crippen molar-refractivity contribution in [2.45, 2.75) is 25.2 Å². The molecule has 0 spiro atoms. The lowest BCUT2D eigenvalue weighted by Crippen LogP contribution is -2.55. The normalized spacial score (nSPS) is 20.2. The van der Waals surface area contributed by atoms with Gasteiger partial charge in [-0.2, -0.15) is 0 Å². The maximum atomic E-state index is 10.3. The van der Waals surface area contributed by atoms with Crippen molar-refractivity contribution in [2.75, 3.05) is 45.9 Å². The Morgan fingerprint density at radius 2 is 1.34 bits per heavy atom. The fourth-order valence-electron chi connectivity index (χ4n) is 3.60. The molecule has 1 aliphatic rings. The predicted molar refractivity (Wildman–Crippen MR) is 113 cm³/mol. The Hall–Kier alpha value is -2.12. The van der Waals surface area contributed by atoms with Crippen LogP contribution in [0.3, 0.4) is 0 Å². The van der Waals surface area contributed by atoms with E-state index in [0.717, 1.165) is 31.1 Å². The summed E-state index contributed by atoms with van der Waals surface area (Å²) in [5.41, 5.74) is 0. The van der Waals surface area contributed by atoms with E-state index in [2.05, 4.69) is 16.7 Å². The number of aliphatic hydroxyl groups excluding tert-OH is 2. The first-order valence-electron chi connectivity index (χ1n) is 10.3. The lowest BCUT2D eigenvalue weighted by atomic mass is 10.1. The average molecular weight is 401 g/mol. The van der Waals surface area contributed by atoms with Gasteiger partial charge in [0.1, 0.15) is 36.9 Å². The van der Waals surface area contributed by atoms with E-state index in [1.807, 2.05) is 60.7 Å². The van der Waals surface area contributed by atoms with Crippen LogP contribution in [0.25, 0.3) is 0 Å². The Labute approximate surface area is 173 Å². The highest BCUT2D eigenvalue weighted by molar-refractivity contribution is 5.21. The number of nitrogens with zero attached hydrogens (tertiary/aromatic N) is 2. The number of aliphatic hydroxyl groups is 2. The Kier molecular flexibility index (Phi) is 8.31. The van der Waals surface area contributed by atoms with Gasteiger partial charge in [0.25, 0.3) is 0 Å². The zero-order chi connectivity index (χ0) is 20.5. The van der Waals surface area contributed by atoms with Gasteiger partial charge in [0.2, 0.25) is 0 Å². The topological polar surface area (TPSA) is 65.4 Å². The highest BCUT2D eigenvalue weighted by Crippen LogP contribution is 2.13. The first-order chi connectivity index (χ1) is 14.1. The molecule has 6 nitrogen and oxygen atoms in total. The number of β-amino-alcohol motifs (C(OH)–C–C–N with tert-alkyl or cyclic N) is 2. The highest BCUT2D eigenvalue weighted by Gasteiger charge is 2.26. The molecule has 29 heavy (non-hydrogen) atoms. The van der Waals surface area contributed by atoms with Crippen molar-refractivity contribution in [3.63, 3.8) is 0 Å². The molecule has 0 saturated carbocycles. The van der Waals surface area contributed by atoms with Gasteiger partial charge in [-0.1, -0.05) is 36.4 Å². The van der Waals surface area contributed by atoms with E-state index in [4.69, 9.17) is 9.47 Å². The molecule has 2 N–H and O–H groups in total. The van der Waals surface area contributed by atoms with Gasteiger partial charge in [0.15, 0.2) is 0 Å². The fourth-order valence-corrected chi connectivity index (χ4v) is 3.60. The monoisotopic (exact) mass is 400 g/mol. The van der Waals surface area contributed by atoms with Crippen molar-refractivity contribution in [3.05, 3.63) is 60.7 Å². The van der Waals surface area contributed by atoms with Crippen molar-refractivity contribution < 1.29 is 19.7 Å². The first-order valence-corrected chi connectivity index (χ1v) is 10.3. The minimum Gasteiger partial charge on any atom is -0.491 e. The van der Waals surface area contributed by atoms with E-state index >= 15 is 0 Å². The SMILES string of the molecule is CC1CN(CC(O)COc2ccccc2)CCN1CC(O)COc1ccccc1. The zero-order valence-corrected chi connectivity index (χ0v) is 17.1. The van der Waals surface area contributed by atoms with Crippen LogP contribution in [0.15, 0.2) is 60.7 Å². The molecule has 0 amide bonds. The molecular weight excluding hydrogens is 368 g/mol. The van der Waals surface area contributed by atoms with Gasteiger partial charge in [0.05, 0.1) is 0 Å². The molecule has 0 aromatic heterocycles. The van der Waals surface area contributed by atoms with Crippen LogP contribution < -0.4 is 9.47 Å². The van der Waals surface area contributed by atoms with Gasteiger partial charge >= 0.3 is 0 Å². The standard InChI is InChI=1S/C23H32N2O4/c1-19-14-24(15-20(26)17-28-22-8-4-2-5-9-22)12-13-25(19)16-21(27)18-29-23-10-6-3-7-11-23/h2-11,19-21,26-27H,12-18H2,1H3. The first kappa shape index (κ1) is 21.6. The lowest BCUT2D eigenvalue weighted by molar-refractivity contribution is 0.00244. The highest BCUT2D eigenvalue weighted by atomic mass is 16.5. The number of benzene rings is 2. The van der Waals surface area contributed by atoms with Crippen LogP contribution in [-0.2, 0) is 0 Å². The number of hydrogen-bond donors (Lipinski definition) is 2. The molecule has 0 aliphatic carbocycles. The van der Waals surface area contributed by atoms with E-state index in [1.165, 1.54) is 0 Å². The van der Waals surface area contributed by atoms with Crippen LogP contribution in [0.1, 0.15) is 6.92 Å². The van der Waals surface area contributed by atoms with E-state index in [9.17, 15) is 10.2 Å². The third-order valence-corrected chi connectivity index (χ3v) is 5.13. The van der Waals surface area contributed by atoms with Gasteiger partial charge in [-0.05, 0) is 31.2 Å². The van der Waals surface area contributed by atoms with Crippen LogP contribution in [0.2, 0.25) is 0 Å². The minimum atomic E-state index is -0.533. The quantitative estimate of drug-likeness (QED) is 0.635. The molecule has 2 aromatic carbocycles. The summed E-state index contributed by atoms with van der Waals surface area (Å²) in [6, 6.07) is 19.4. The Balaban J connectivity index is 1.35. The lowest BCUT2D eigenvalue weighted by Gasteiger charge is -2.41. The molecule has 6 heteroatoms. The van der Waals surface area contributed by atoms with Crippen molar-refractivity contribution in [3.8, 4) is 11.5 Å². The summed E-state index contributed by atoms with van der Waals surface area (Å²) in [5.74, 6) is 1.55. The van der Waals surface area contributed by atoms with E-state index < -0.39 is 12.2 Å². The summed E-state index contributed by atoms with van der Waals surface area (Å²) in [4.78, 5) is 4.54. The molecule has 3 unspecified atom stereocenters. The second kappa shape index (κ2) is 11.2. The molecule has 0 bridgehead atoms. The molecule has 0 radical (unpaired) electrons. The number of hydrogen-bond acceptors (Lipinski definition) is 6. The predicted octanol–water partition coefficient (Wildman–Crippen LogP) is 1.87. The molecule has 1 fully saturated rings. The molecule has 3 rings (SSSR count). The Bertz CT molecular complexity index is 701. The van der Waals surface area contributed by atoms with Gasteiger partial charge in [-0.15, -0.1) is 0 Å². The van der Waals surface area contributed by atoms with Gasteiger partial charge in [-0.25, -0.2) is 0 Å². The molecule has 158 valence electrons. The van der Waals surface area contributed by atoms with Crippen LogP contribution >= 0.6 is 0 Å². The molecule has 1 heterocycles. The average Bonchev–Trinajstić information content (AvgIpc) is 2.74. The van der Waals surface area contributed by atoms with Crippen molar-refractivity contribution in [2.24, 2.45) is 0 Å². The van der Waals surface area contributed by atoms with Crippen LogP contribution in [-0.4, -0.2) is 84.2 Å². The maximum absolute atomic E-state index is 10.3. The van der Waals surface area contributed by atoms with Crippen LogP contribution in [0, 0.1) is 0 Å². The summed E-state index contributed by atoms with van der Waals surface area (Å²) in [6.07, 6.45) is -1.06. The third kappa shape index (κ3) is 7.33. The van der Waals surface area contributed by atoms with Crippen LogP contribution in [0.5, 0.6) is 11.5 Å². The number of ether oxygens (including phenoxy) is 2. The molecule has 2 aromatic rings. The number of rotatable bonds is 10. The fraction of sp³-hybridized carbons (Fsp3) is 0.478. The van der Waals surface area contributed by atoms with E-state index in [1.54, 1.807) is 0 Å². The summed E-state index contributed by atoms with van der Waals surface area (Å²) >= 11 is 0. The van der Waals surface area contributed by atoms with E-state index in [-0.39, 0.29) is 13.2 Å². The van der Waals surface area contributed by atoms with Gasteiger partial charge in [-0.3, -0.25) is 9.80 Å². The Morgan fingerprint density at radius 1 is 0.828 bits per heavy atom. The summed E-state index contributed by atoms with van der Waals surface area (Å²) in [7, 11) is 0. The molecule has 1 saturated heterocycles. The van der Waals surface area contributed by atoms with Gasteiger partial charge in [0, 0.05) is 38.8 Å². The minimum absolute atomic E-state index is 0.284. The number of piperazine rings is 1. The summed E-state index contributed by atoms with van der Waals surface area (Å²) in [6.45, 7) is 6.47. The van der Waals surface area contributed by atoms with Crippen LogP contribution in [0.4, 0.5) is 0 Å². The maximum Gasteiger partial charge on any atom is 0.119 e.